The number of hydrogen-bond acceptors (Lipinski definition) is 2. The first kappa shape index (κ1) is 16.6. The Morgan fingerprint density at radius 1 is 1.23 bits per heavy atom. The largest absolute Gasteiger partial charge is 0.495 e. The van der Waals surface area contributed by atoms with Crippen LogP contribution in [0, 0.1) is 6.92 Å². The molecule has 0 bridgehead atoms. The number of nitrogens with one attached hydrogen (secondary N) is 2. The molecule has 2 aromatic carbocycles. The summed E-state index contributed by atoms with van der Waals surface area (Å²) < 4.78 is 5.31. The molecule has 0 fully saturated rings. The van der Waals surface area contributed by atoms with Crippen molar-refractivity contribution in [1.29, 1.82) is 0 Å². The summed E-state index contributed by atoms with van der Waals surface area (Å²) in [4.78, 5) is 0. The van der Waals surface area contributed by atoms with Crippen molar-refractivity contribution >= 4 is 40.3 Å². The Morgan fingerprint density at radius 3 is 2.68 bits per heavy atom. The van der Waals surface area contributed by atoms with Crippen LogP contribution in [0.5, 0.6) is 5.75 Å². The molecule has 116 valence electrons. The van der Waals surface area contributed by atoms with E-state index in [2.05, 4.69) is 42.7 Å². The second kappa shape index (κ2) is 7.47. The van der Waals surface area contributed by atoms with Crippen LogP contribution in [0.3, 0.4) is 0 Å². The number of halogens is 1. The average Bonchev–Trinajstić information content (AvgIpc) is 2.49. The van der Waals surface area contributed by atoms with Crippen molar-refractivity contribution < 1.29 is 4.74 Å². The summed E-state index contributed by atoms with van der Waals surface area (Å²) >= 11 is 11.4. The van der Waals surface area contributed by atoms with Gasteiger partial charge in [-0.15, -0.1) is 0 Å². The number of rotatable bonds is 4. The van der Waals surface area contributed by atoms with Crippen LogP contribution < -0.4 is 15.4 Å². The minimum absolute atomic E-state index is 0.504. The van der Waals surface area contributed by atoms with Crippen LogP contribution in [-0.2, 0) is 6.42 Å². The summed E-state index contributed by atoms with van der Waals surface area (Å²) in [5, 5.41) is 7.54. The van der Waals surface area contributed by atoms with Gasteiger partial charge in [-0.3, -0.25) is 0 Å². The predicted octanol–water partition coefficient (Wildman–Crippen LogP) is 5.03. The number of hydrogen-bond donors (Lipinski definition) is 2. The van der Waals surface area contributed by atoms with Crippen molar-refractivity contribution in [3.8, 4) is 5.75 Å². The predicted molar refractivity (Wildman–Crippen MR) is 98.4 cm³/mol. The van der Waals surface area contributed by atoms with E-state index in [4.69, 9.17) is 28.6 Å². The molecule has 0 atom stereocenters. The smallest absolute Gasteiger partial charge is 0.175 e. The fraction of sp³-hybridized carbons (Fsp3) is 0.235. The summed E-state index contributed by atoms with van der Waals surface area (Å²) in [5.74, 6) is 0.689. The highest BCUT2D eigenvalue weighted by Gasteiger charge is 2.09. The highest BCUT2D eigenvalue weighted by atomic mass is 35.5. The molecule has 3 nitrogen and oxygen atoms in total. The van der Waals surface area contributed by atoms with Gasteiger partial charge in [0.15, 0.2) is 5.11 Å². The molecular formula is C17H19ClN2OS. The molecule has 0 radical (unpaired) electrons. The summed E-state index contributed by atoms with van der Waals surface area (Å²) in [5.41, 5.74) is 4.16. The molecule has 0 amide bonds. The summed E-state index contributed by atoms with van der Waals surface area (Å²) in [6, 6.07) is 11.6. The molecule has 0 aliphatic heterocycles. The first-order valence-corrected chi connectivity index (χ1v) is 7.83. The van der Waals surface area contributed by atoms with E-state index < -0.39 is 0 Å². The molecule has 0 aliphatic carbocycles. The minimum atomic E-state index is 0.504. The number of methoxy groups -OCH3 is 1. The van der Waals surface area contributed by atoms with Gasteiger partial charge in [-0.05, 0) is 54.9 Å². The molecule has 0 saturated carbocycles. The van der Waals surface area contributed by atoms with Gasteiger partial charge < -0.3 is 15.4 Å². The van der Waals surface area contributed by atoms with Gasteiger partial charge in [0.25, 0.3) is 0 Å². The maximum absolute atomic E-state index is 6.03. The third-order valence-electron chi connectivity index (χ3n) is 3.39. The highest BCUT2D eigenvalue weighted by molar-refractivity contribution is 7.80. The summed E-state index contributed by atoms with van der Waals surface area (Å²) in [6.07, 6.45) is 0.938. The lowest BCUT2D eigenvalue weighted by atomic mass is 10.1. The molecule has 5 heteroatoms. The van der Waals surface area contributed by atoms with Gasteiger partial charge in [0, 0.05) is 10.7 Å². The van der Waals surface area contributed by atoms with Crippen molar-refractivity contribution in [3.05, 3.63) is 52.5 Å². The zero-order valence-corrected chi connectivity index (χ0v) is 14.4. The number of ether oxygens (including phenoxy) is 1. The van der Waals surface area contributed by atoms with E-state index in [1.165, 1.54) is 5.56 Å². The summed E-state index contributed by atoms with van der Waals surface area (Å²) in [7, 11) is 1.61. The van der Waals surface area contributed by atoms with Crippen LogP contribution in [0.25, 0.3) is 0 Å². The van der Waals surface area contributed by atoms with Gasteiger partial charge in [-0.25, -0.2) is 0 Å². The first-order valence-electron chi connectivity index (χ1n) is 7.05. The Morgan fingerprint density at radius 2 is 2.00 bits per heavy atom. The van der Waals surface area contributed by atoms with Crippen molar-refractivity contribution in [2.45, 2.75) is 20.3 Å². The molecule has 2 aromatic rings. The van der Waals surface area contributed by atoms with E-state index in [0.29, 0.717) is 15.9 Å². The zero-order chi connectivity index (χ0) is 16.1. The molecule has 2 N–H and O–H groups in total. The molecule has 0 spiro atoms. The maximum atomic E-state index is 6.03. The second-order valence-corrected chi connectivity index (χ2v) is 5.73. The molecule has 2 rings (SSSR count). The SMILES string of the molecule is CCc1cccc(C)c1NC(=S)Nc1cc(Cl)ccc1OC. The number of aryl methyl sites for hydroxylation is 2. The maximum Gasteiger partial charge on any atom is 0.175 e. The minimum Gasteiger partial charge on any atom is -0.495 e. The van der Waals surface area contributed by atoms with E-state index in [0.717, 1.165) is 23.4 Å². The standard InChI is InChI=1S/C17H19ClN2OS/c1-4-12-7-5-6-11(2)16(12)20-17(22)19-14-10-13(18)8-9-15(14)21-3/h5-10H,4H2,1-3H3,(H2,19,20,22). The molecule has 0 heterocycles. The molecule has 0 saturated heterocycles. The molecule has 22 heavy (non-hydrogen) atoms. The second-order valence-electron chi connectivity index (χ2n) is 4.89. The Kier molecular flexibility index (Phi) is 5.63. The van der Waals surface area contributed by atoms with Crippen LogP contribution >= 0.6 is 23.8 Å². The molecule has 0 aliphatic rings. The van der Waals surface area contributed by atoms with E-state index in [1.807, 2.05) is 0 Å². The number of para-hydroxylation sites is 1. The lowest BCUT2D eigenvalue weighted by molar-refractivity contribution is 0.417. The van der Waals surface area contributed by atoms with Crippen LogP contribution in [0.4, 0.5) is 11.4 Å². The average molecular weight is 335 g/mol. The molecule has 0 aromatic heterocycles. The van der Waals surface area contributed by atoms with Crippen LogP contribution in [0.2, 0.25) is 5.02 Å². The van der Waals surface area contributed by atoms with Gasteiger partial charge >= 0.3 is 0 Å². The fourth-order valence-corrected chi connectivity index (χ4v) is 2.63. The monoisotopic (exact) mass is 334 g/mol. The highest BCUT2D eigenvalue weighted by Crippen LogP contribution is 2.28. The number of benzene rings is 2. The van der Waals surface area contributed by atoms with E-state index in [9.17, 15) is 0 Å². The first-order chi connectivity index (χ1) is 10.5. The Balaban J connectivity index is 2.19. The van der Waals surface area contributed by atoms with Gasteiger partial charge in [0.2, 0.25) is 0 Å². The van der Waals surface area contributed by atoms with Gasteiger partial charge in [-0.1, -0.05) is 36.7 Å². The normalized spacial score (nSPS) is 10.2. The van der Waals surface area contributed by atoms with E-state index >= 15 is 0 Å². The third kappa shape index (κ3) is 3.90. The number of anilines is 2. The molecular weight excluding hydrogens is 316 g/mol. The Labute approximate surface area is 141 Å². The van der Waals surface area contributed by atoms with Crippen molar-refractivity contribution in [3.63, 3.8) is 0 Å². The topological polar surface area (TPSA) is 33.3 Å². The van der Waals surface area contributed by atoms with Gasteiger partial charge in [0.1, 0.15) is 5.75 Å². The van der Waals surface area contributed by atoms with Crippen molar-refractivity contribution in [2.75, 3.05) is 17.7 Å². The zero-order valence-electron chi connectivity index (χ0n) is 12.9. The van der Waals surface area contributed by atoms with Crippen molar-refractivity contribution in [1.82, 2.24) is 0 Å². The van der Waals surface area contributed by atoms with Gasteiger partial charge in [0.05, 0.1) is 12.8 Å². The number of thiocarbonyl (C=S) groups is 1. The third-order valence-corrected chi connectivity index (χ3v) is 3.83. The van der Waals surface area contributed by atoms with Crippen LogP contribution in [-0.4, -0.2) is 12.2 Å². The molecule has 0 unspecified atom stereocenters. The van der Waals surface area contributed by atoms with Crippen LogP contribution in [0.1, 0.15) is 18.1 Å². The lowest BCUT2D eigenvalue weighted by Gasteiger charge is -2.17. The van der Waals surface area contributed by atoms with E-state index in [1.54, 1.807) is 25.3 Å². The lowest BCUT2D eigenvalue weighted by Crippen LogP contribution is -2.21. The van der Waals surface area contributed by atoms with Crippen LogP contribution in [0.15, 0.2) is 36.4 Å². The summed E-state index contributed by atoms with van der Waals surface area (Å²) in [6.45, 7) is 4.18. The Bertz CT molecular complexity index is 688. The quantitative estimate of drug-likeness (QED) is 0.768. The van der Waals surface area contributed by atoms with E-state index in [-0.39, 0.29) is 0 Å². The van der Waals surface area contributed by atoms with Crippen molar-refractivity contribution in [2.24, 2.45) is 0 Å². The fourth-order valence-electron chi connectivity index (χ4n) is 2.25. The Hall–Kier alpha value is -1.78. The van der Waals surface area contributed by atoms with Gasteiger partial charge in [-0.2, -0.15) is 0 Å².